The molecule has 0 fully saturated rings. The molecule has 3 aromatic rings. The lowest BCUT2D eigenvalue weighted by molar-refractivity contribution is 1.12. The van der Waals surface area contributed by atoms with Crippen LogP contribution in [0.2, 0.25) is 0 Å². The highest BCUT2D eigenvalue weighted by atomic mass is 32.2. The van der Waals surface area contributed by atoms with Gasteiger partial charge in [0.25, 0.3) is 0 Å². The van der Waals surface area contributed by atoms with Gasteiger partial charge in [0, 0.05) is 16.0 Å². The Bertz CT molecular complexity index is 720. The molecule has 2 N–H and O–H groups in total. The van der Waals surface area contributed by atoms with Gasteiger partial charge in [-0.05, 0) is 48.9 Å². The van der Waals surface area contributed by atoms with Crippen LogP contribution in [0.5, 0.6) is 0 Å². The minimum Gasteiger partial charge on any atom is -0.399 e. The third kappa shape index (κ3) is 2.56. The Morgan fingerprint density at radius 1 is 1.00 bits per heavy atom. The molecule has 3 rings (SSSR count). The Labute approximate surface area is 116 Å². The maximum absolute atomic E-state index is 5.70. The largest absolute Gasteiger partial charge is 0.399 e. The maximum Gasteiger partial charge on any atom is 0.104 e. The highest BCUT2D eigenvalue weighted by Crippen LogP contribution is 2.30. The first-order chi connectivity index (χ1) is 9.22. The van der Waals surface area contributed by atoms with Crippen molar-refractivity contribution in [3.63, 3.8) is 0 Å². The highest BCUT2D eigenvalue weighted by molar-refractivity contribution is 7.99. The maximum atomic E-state index is 5.70. The van der Waals surface area contributed by atoms with E-state index in [1.165, 1.54) is 10.9 Å². The summed E-state index contributed by atoms with van der Waals surface area (Å²) in [4.78, 5) is 5.88. The number of pyridine rings is 1. The first-order valence-corrected chi connectivity index (χ1v) is 6.94. The number of fused-ring (bicyclic) bond motifs is 1. The van der Waals surface area contributed by atoms with Crippen LogP contribution in [-0.2, 0) is 0 Å². The Balaban J connectivity index is 2.00. The summed E-state index contributed by atoms with van der Waals surface area (Å²) in [5, 5.41) is 2.23. The molecule has 1 heterocycles. The molecule has 2 aromatic carbocycles. The molecule has 0 aliphatic rings. The van der Waals surface area contributed by atoms with Gasteiger partial charge in [-0.1, -0.05) is 30.0 Å². The van der Waals surface area contributed by atoms with E-state index >= 15 is 0 Å². The van der Waals surface area contributed by atoms with Crippen LogP contribution in [0.4, 0.5) is 5.69 Å². The van der Waals surface area contributed by atoms with Gasteiger partial charge in [-0.15, -0.1) is 0 Å². The molecule has 0 aliphatic carbocycles. The van der Waals surface area contributed by atoms with E-state index in [9.17, 15) is 0 Å². The van der Waals surface area contributed by atoms with Crippen molar-refractivity contribution in [3.8, 4) is 0 Å². The molecule has 0 bridgehead atoms. The Morgan fingerprint density at radius 3 is 2.53 bits per heavy atom. The van der Waals surface area contributed by atoms with E-state index < -0.39 is 0 Å². The molecule has 0 spiro atoms. The predicted molar refractivity (Wildman–Crippen MR) is 81.5 cm³/mol. The molecule has 3 heteroatoms. The van der Waals surface area contributed by atoms with Gasteiger partial charge < -0.3 is 5.73 Å². The van der Waals surface area contributed by atoms with Crippen molar-refractivity contribution in [2.75, 3.05) is 5.73 Å². The number of nitrogens with two attached hydrogens (primary N) is 1. The van der Waals surface area contributed by atoms with Crippen molar-refractivity contribution < 1.29 is 0 Å². The van der Waals surface area contributed by atoms with Crippen molar-refractivity contribution in [1.82, 2.24) is 4.98 Å². The Hall–Kier alpha value is -2.00. The van der Waals surface area contributed by atoms with Crippen molar-refractivity contribution in [3.05, 3.63) is 60.2 Å². The summed E-state index contributed by atoms with van der Waals surface area (Å²) in [6, 6.07) is 18.2. The zero-order chi connectivity index (χ0) is 13.2. The molecular weight excluding hydrogens is 252 g/mol. The predicted octanol–water partition coefficient (Wildman–Crippen LogP) is 4.28. The lowest BCUT2D eigenvalue weighted by Crippen LogP contribution is -1.88. The zero-order valence-electron chi connectivity index (χ0n) is 10.6. The minimum atomic E-state index is 0.785. The lowest BCUT2D eigenvalue weighted by Gasteiger charge is -2.07. The van der Waals surface area contributed by atoms with Crippen molar-refractivity contribution in [2.24, 2.45) is 0 Å². The number of hydrogen-bond acceptors (Lipinski definition) is 3. The number of nitrogens with zero attached hydrogens (tertiary/aromatic N) is 1. The fraction of sp³-hybridized carbons (Fsp3) is 0.0625. The number of benzene rings is 2. The fourth-order valence-electron chi connectivity index (χ4n) is 1.95. The standard InChI is InChI=1S/C16H14N2S/c1-11-10-12-4-2-3-5-15(12)18-16(11)19-14-8-6-13(17)7-9-14/h2-10H,17H2,1H3. The van der Waals surface area contributed by atoms with Crippen LogP contribution in [0.1, 0.15) is 5.56 Å². The Kier molecular flexibility index (Phi) is 3.13. The minimum absolute atomic E-state index is 0.785. The second-order valence-electron chi connectivity index (χ2n) is 4.47. The van der Waals surface area contributed by atoms with E-state index in [0.717, 1.165) is 21.1 Å². The molecule has 0 unspecified atom stereocenters. The monoisotopic (exact) mass is 266 g/mol. The summed E-state index contributed by atoms with van der Waals surface area (Å²) < 4.78 is 0. The van der Waals surface area contributed by atoms with Crippen LogP contribution < -0.4 is 5.73 Å². The number of aromatic nitrogens is 1. The van der Waals surface area contributed by atoms with E-state index in [2.05, 4.69) is 19.1 Å². The van der Waals surface area contributed by atoms with E-state index in [1.807, 2.05) is 42.5 Å². The van der Waals surface area contributed by atoms with Gasteiger partial charge in [-0.2, -0.15) is 0 Å². The molecule has 0 atom stereocenters. The second-order valence-corrected chi connectivity index (χ2v) is 5.54. The van der Waals surface area contributed by atoms with Crippen LogP contribution >= 0.6 is 11.8 Å². The van der Waals surface area contributed by atoms with E-state index in [1.54, 1.807) is 11.8 Å². The van der Waals surface area contributed by atoms with Crippen molar-refractivity contribution in [2.45, 2.75) is 16.8 Å². The summed E-state index contributed by atoms with van der Waals surface area (Å²) >= 11 is 1.67. The van der Waals surface area contributed by atoms with E-state index in [0.29, 0.717) is 0 Å². The van der Waals surface area contributed by atoms with Crippen LogP contribution in [0.25, 0.3) is 10.9 Å². The molecule has 1 aromatic heterocycles. The molecule has 2 nitrogen and oxygen atoms in total. The normalized spacial score (nSPS) is 10.8. The van der Waals surface area contributed by atoms with Crippen LogP contribution in [0.3, 0.4) is 0 Å². The van der Waals surface area contributed by atoms with Crippen molar-refractivity contribution in [1.29, 1.82) is 0 Å². The number of rotatable bonds is 2. The van der Waals surface area contributed by atoms with E-state index in [4.69, 9.17) is 10.7 Å². The highest BCUT2D eigenvalue weighted by Gasteiger charge is 2.05. The van der Waals surface area contributed by atoms with Crippen LogP contribution in [0, 0.1) is 6.92 Å². The lowest BCUT2D eigenvalue weighted by atomic mass is 10.2. The first-order valence-electron chi connectivity index (χ1n) is 6.12. The summed E-state index contributed by atoms with van der Waals surface area (Å²) in [6.45, 7) is 2.10. The quantitative estimate of drug-likeness (QED) is 0.704. The third-order valence-electron chi connectivity index (χ3n) is 2.96. The molecule has 0 saturated carbocycles. The van der Waals surface area contributed by atoms with Gasteiger partial charge in [0.15, 0.2) is 0 Å². The summed E-state index contributed by atoms with van der Waals surface area (Å²) in [5.41, 5.74) is 8.71. The molecule has 0 amide bonds. The number of nitrogen functional groups attached to an aromatic ring is 1. The zero-order valence-corrected chi connectivity index (χ0v) is 11.4. The number of hydrogen-bond donors (Lipinski definition) is 1. The summed E-state index contributed by atoms with van der Waals surface area (Å²) in [6.07, 6.45) is 0. The average Bonchev–Trinajstić information content (AvgIpc) is 2.42. The van der Waals surface area contributed by atoms with Crippen LogP contribution in [0.15, 0.2) is 64.5 Å². The van der Waals surface area contributed by atoms with Gasteiger partial charge in [0.1, 0.15) is 5.03 Å². The molecule has 0 aliphatic heterocycles. The summed E-state index contributed by atoms with van der Waals surface area (Å²) in [7, 11) is 0. The van der Waals surface area contributed by atoms with Crippen LogP contribution in [-0.4, -0.2) is 4.98 Å². The molecular formula is C16H14N2S. The smallest absolute Gasteiger partial charge is 0.104 e. The van der Waals surface area contributed by atoms with Gasteiger partial charge in [-0.3, -0.25) is 0 Å². The number of aryl methyl sites for hydroxylation is 1. The first kappa shape index (κ1) is 12.1. The average molecular weight is 266 g/mol. The topological polar surface area (TPSA) is 38.9 Å². The number of para-hydroxylation sites is 1. The SMILES string of the molecule is Cc1cc2ccccc2nc1Sc1ccc(N)cc1. The number of anilines is 1. The van der Waals surface area contributed by atoms with Crippen molar-refractivity contribution >= 4 is 28.4 Å². The van der Waals surface area contributed by atoms with Gasteiger partial charge >= 0.3 is 0 Å². The van der Waals surface area contributed by atoms with E-state index in [-0.39, 0.29) is 0 Å². The second kappa shape index (κ2) is 4.94. The Morgan fingerprint density at radius 2 is 1.74 bits per heavy atom. The fourth-order valence-corrected chi connectivity index (χ4v) is 2.81. The van der Waals surface area contributed by atoms with Gasteiger partial charge in [-0.25, -0.2) is 4.98 Å². The van der Waals surface area contributed by atoms with Gasteiger partial charge in [0.2, 0.25) is 0 Å². The third-order valence-corrected chi connectivity index (χ3v) is 4.08. The molecule has 19 heavy (non-hydrogen) atoms. The van der Waals surface area contributed by atoms with Gasteiger partial charge in [0.05, 0.1) is 5.52 Å². The molecule has 0 saturated heterocycles. The summed E-state index contributed by atoms with van der Waals surface area (Å²) in [5.74, 6) is 0. The molecule has 0 radical (unpaired) electrons. The molecule has 94 valence electrons.